The smallest absolute Gasteiger partial charge is 0.469 e. The van der Waals surface area contributed by atoms with Crippen molar-refractivity contribution in [2.75, 3.05) is 13.2 Å². The Morgan fingerprint density at radius 2 is 1.74 bits per heavy atom. The fourth-order valence-corrected chi connectivity index (χ4v) is 4.76. The van der Waals surface area contributed by atoms with E-state index in [2.05, 4.69) is 4.52 Å². The zero-order chi connectivity index (χ0) is 24.6. The van der Waals surface area contributed by atoms with Crippen LogP contribution in [0.4, 0.5) is 0 Å². The van der Waals surface area contributed by atoms with Crippen LogP contribution in [0.3, 0.4) is 0 Å². The van der Waals surface area contributed by atoms with Crippen molar-refractivity contribution < 1.29 is 28.7 Å². The maximum Gasteiger partial charge on any atom is 0.469 e. The molecule has 0 fully saturated rings. The normalized spacial score (nSPS) is 13.4. The van der Waals surface area contributed by atoms with Crippen molar-refractivity contribution in [1.82, 2.24) is 0 Å². The largest absolute Gasteiger partial charge is 0.489 e. The van der Waals surface area contributed by atoms with Gasteiger partial charge in [-0.15, -0.1) is 0 Å². The number of rotatable bonds is 12. The molecular weight excluding hydrogens is 497 g/mol. The number of ether oxygens (including phenoxy) is 1. The van der Waals surface area contributed by atoms with Crippen LogP contribution < -0.4 is 10.5 Å². The highest BCUT2D eigenvalue weighted by Gasteiger charge is 2.28. The van der Waals surface area contributed by atoms with Gasteiger partial charge in [0, 0.05) is 14.8 Å². The summed E-state index contributed by atoms with van der Waals surface area (Å²) >= 11 is 8.02. The summed E-state index contributed by atoms with van der Waals surface area (Å²) in [6.07, 6.45) is 0.644. The first-order valence-electron chi connectivity index (χ1n) is 10.5. The summed E-state index contributed by atoms with van der Waals surface area (Å²) in [4.78, 5) is 19.7. The van der Waals surface area contributed by atoms with E-state index in [0.717, 1.165) is 26.7 Å². The minimum Gasteiger partial charge on any atom is -0.489 e. The lowest BCUT2D eigenvalue weighted by molar-refractivity contribution is 0.102. The molecule has 10 heteroatoms. The average Bonchev–Trinajstić information content (AvgIpc) is 2.81. The molecule has 0 bridgehead atoms. The van der Waals surface area contributed by atoms with Crippen molar-refractivity contribution >= 4 is 31.2 Å². The molecule has 0 spiro atoms. The molecule has 0 aliphatic rings. The monoisotopic (exact) mass is 523 g/mol. The lowest BCUT2D eigenvalue weighted by atomic mass is 9.94. The van der Waals surface area contributed by atoms with Gasteiger partial charge in [-0.2, -0.15) is 0 Å². The summed E-state index contributed by atoms with van der Waals surface area (Å²) in [5.41, 5.74) is 6.65. The molecular formula is C24H27ClNO6PS. The van der Waals surface area contributed by atoms with E-state index in [4.69, 9.17) is 31.9 Å². The van der Waals surface area contributed by atoms with Crippen LogP contribution in [-0.4, -0.2) is 33.6 Å². The highest BCUT2D eigenvalue weighted by atomic mass is 35.5. The van der Waals surface area contributed by atoms with Crippen LogP contribution in [0, 0.1) is 0 Å². The van der Waals surface area contributed by atoms with Crippen LogP contribution in [0.5, 0.6) is 5.75 Å². The topological polar surface area (TPSA) is 122 Å². The molecule has 0 aliphatic heterocycles. The third-order valence-electron chi connectivity index (χ3n) is 5.04. The number of phosphoric ester groups is 1. The van der Waals surface area contributed by atoms with E-state index in [0.29, 0.717) is 18.1 Å². The lowest BCUT2D eigenvalue weighted by Crippen LogP contribution is -2.48. The SMILES string of the molecule is NC(CO)(CCc1ccc(Sc2cccc(OCc3ccccc3)c2)cc1Cl)COP(=O)(O)O. The van der Waals surface area contributed by atoms with Crippen LogP contribution in [0.25, 0.3) is 0 Å². The zero-order valence-corrected chi connectivity index (χ0v) is 20.8. The van der Waals surface area contributed by atoms with Crippen molar-refractivity contribution in [2.45, 2.75) is 34.8 Å². The van der Waals surface area contributed by atoms with Gasteiger partial charge in [-0.1, -0.05) is 65.8 Å². The fourth-order valence-electron chi connectivity index (χ4n) is 3.09. The van der Waals surface area contributed by atoms with Crippen LogP contribution in [0.15, 0.2) is 82.6 Å². The highest BCUT2D eigenvalue weighted by Crippen LogP contribution is 2.37. The first-order chi connectivity index (χ1) is 16.2. The Hall–Kier alpha value is -1.87. The fraction of sp³-hybridized carbons (Fsp3) is 0.250. The molecule has 0 radical (unpaired) electrons. The number of phosphoric acid groups is 1. The van der Waals surface area contributed by atoms with Gasteiger partial charge >= 0.3 is 7.82 Å². The molecule has 182 valence electrons. The Morgan fingerprint density at radius 1 is 1.00 bits per heavy atom. The summed E-state index contributed by atoms with van der Waals surface area (Å²) < 4.78 is 21.3. The van der Waals surface area contributed by atoms with E-state index in [-0.39, 0.29) is 6.42 Å². The van der Waals surface area contributed by atoms with Gasteiger partial charge in [0.15, 0.2) is 0 Å². The zero-order valence-electron chi connectivity index (χ0n) is 18.3. The second-order valence-corrected chi connectivity index (χ2v) is 10.7. The molecule has 1 unspecified atom stereocenters. The molecule has 0 saturated heterocycles. The van der Waals surface area contributed by atoms with E-state index in [1.165, 1.54) is 0 Å². The molecule has 1 atom stereocenters. The maximum absolute atomic E-state index is 10.9. The summed E-state index contributed by atoms with van der Waals surface area (Å²) in [5, 5.41) is 10.1. The molecule has 7 nitrogen and oxygen atoms in total. The van der Waals surface area contributed by atoms with E-state index in [1.54, 1.807) is 11.8 Å². The molecule has 3 rings (SSSR count). The van der Waals surface area contributed by atoms with E-state index < -0.39 is 26.6 Å². The Balaban J connectivity index is 1.59. The van der Waals surface area contributed by atoms with Crippen molar-refractivity contribution in [3.05, 3.63) is 88.9 Å². The Labute approximate surface area is 208 Å². The highest BCUT2D eigenvalue weighted by molar-refractivity contribution is 7.99. The Morgan fingerprint density at radius 3 is 2.41 bits per heavy atom. The lowest BCUT2D eigenvalue weighted by Gasteiger charge is -2.27. The van der Waals surface area contributed by atoms with E-state index in [9.17, 15) is 9.67 Å². The van der Waals surface area contributed by atoms with Gasteiger partial charge in [-0.3, -0.25) is 4.52 Å². The summed E-state index contributed by atoms with van der Waals surface area (Å²) in [5.74, 6) is 0.775. The standard InChI is InChI=1S/C24H27ClNO6PS/c25-23-14-22(10-9-19(23)11-12-24(26,16-27)17-32-33(28,29)30)34-21-8-4-7-20(13-21)31-15-18-5-2-1-3-6-18/h1-10,13-14,27H,11-12,15-17,26H2,(H2,28,29,30). The summed E-state index contributed by atoms with van der Waals surface area (Å²) in [6.45, 7) is -0.464. The van der Waals surface area contributed by atoms with Gasteiger partial charge in [-0.05, 0) is 54.3 Å². The Kier molecular flexibility index (Phi) is 9.59. The molecule has 5 N–H and O–H groups in total. The van der Waals surface area contributed by atoms with Crippen molar-refractivity contribution in [3.8, 4) is 5.75 Å². The number of benzene rings is 3. The second-order valence-electron chi connectivity index (χ2n) is 7.89. The minimum absolute atomic E-state index is 0.233. The maximum atomic E-state index is 10.9. The first-order valence-corrected chi connectivity index (χ1v) is 13.2. The number of nitrogens with two attached hydrogens (primary N) is 1. The third-order valence-corrected chi connectivity index (χ3v) is 6.84. The van der Waals surface area contributed by atoms with Crippen LogP contribution in [0.2, 0.25) is 5.02 Å². The number of aryl methyl sites for hydroxylation is 1. The quantitative estimate of drug-likeness (QED) is 0.250. The molecule has 0 heterocycles. The summed E-state index contributed by atoms with van der Waals surface area (Å²) in [6, 6.07) is 23.4. The van der Waals surface area contributed by atoms with E-state index >= 15 is 0 Å². The number of hydrogen-bond acceptors (Lipinski definition) is 6. The van der Waals surface area contributed by atoms with Crippen molar-refractivity contribution in [1.29, 1.82) is 0 Å². The second kappa shape index (κ2) is 12.2. The predicted octanol–water partition coefficient (Wildman–Crippen LogP) is 4.80. The van der Waals surface area contributed by atoms with Gasteiger partial charge in [-0.25, -0.2) is 4.57 Å². The van der Waals surface area contributed by atoms with Crippen LogP contribution in [-0.2, 0) is 22.1 Å². The van der Waals surface area contributed by atoms with Gasteiger partial charge in [0.25, 0.3) is 0 Å². The van der Waals surface area contributed by atoms with Crippen LogP contribution >= 0.6 is 31.2 Å². The molecule has 0 amide bonds. The molecule has 3 aromatic rings. The van der Waals surface area contributed by atoms with Crippen molar-refractivity contribution in [3.63, 3.8) is 0 Å². The Bertz CT molecular complexity index is 1130. The number of aliphatic hydroxyl groups excluding tert-OH is 1. The number of hydrogen-bond donors (Lipinski definition) is 4. The molecule has 0 saturated carbocycles. The number of aliphatic hydroxyl groups is 1. The first kappa shape index (κ1) is 26.7. The van der Waals surface area contributed by atoms with Gasteiger partial charge in [0.1, 0.15) is 12.4 Å². The minimum atomic E-state index is -4.67. The number of halogens is 1. The third kappa shape index (κ3) is 8.73. The van der Waals surface area contributed by atoms with Gasteiger partial charge in [0.2, 0.25) is 0 Å². The van der Waals surface area contributed by atoms with Crippen LogP contribution in [0.1, 0.15) is 17.5 Å². The molecule has 0 aromatic heterocycles. The predicted molar refractivity (Wildman–Crippen MR) is 133 cm³/mol. The average molecular weight is 524 g/mol. The molecule has 0 aliphatic carbocycles. The van der Waals surface area contributed by atoms with E-state index in [1.807, 2.05) is 72.8 Å². The van der Waals surface area contributed by atoms with Gasteiger partial charge in [0.05, 0.1) is 18.8 Å². The van der Waals surface area contributed by atoms with Crippen molar-refractivity contribution in [2.24, 2.45) is 5.73 Å². The molecule has 34 heavy (non-hydrogen) atoms. The summed E-state index contributed by atoms with van der Waals surface area (Å²) in [7, 11) is -4.67. The van der Waals surface area contributed by atoms with Gasteiger partial charge < -0.3 is 25.4 Å². The molecule has 3 aromatic carbocycles.